The molecule has 0 spiro atoms. The van der Waals surface area contributed by atoms with Crippen LogP contribution in [-0.2, 0) is 19.7 Å². The smallest absolute Gasteiger partial charge is 0.744 e. The number of carbonyl (C=O) groups is 3. The van der Waals surface area contributed by atoms with Gasteiger partial charge in [0.25, 0.3) is 0 Å². The molecule has 0 saturated heterocycles. The van der Waals surface area contributed by atoms with Crippen LogP contribution >= 0.6 is 0 Å². The topological polar surface area (TPSA) is 169 Å². The summed E-state index contributed by atoms with van der Waals surface area (Å²) in [5.41, 5.74) is -0.849. The van der Waals surface area contributed by atoms with Gasteiger partial charge in [-0.05, 0) is 72.0 Å². The molecule has 1 aliphatic carbocycles. The Hall–Kier alpha value is -3.02. The van der Waals surface area contributed by atoms with Crippen LogP contribution in [0.25, 0.3) is 5.57 Å². The van der Waals surface area contributed by atoms with Crippen LogP contribution in [0.1, 0.15) is 34.0 Å². The van der Waals surface area contributed by atoms with Crippen molar-refractivity contribution in [3.8, 4) is 5.75 Å². The minimum atomic E-state index is -5.00. The molecule has 0 bridgehead atoms. The van der Waals surface area contributed by atoms with Crippen molar-refractivity contribution >= 4 is 33.4 Å². The fourth-order valence-electron chi connectivity index (χ4n) is 3.53. The number of hydrogen-bond donors (Lipinski definition) is 3. The average molecular weight is 492 g/mol. The fraction of sp³-hybridized carbons (Fsp3) is 0.0870. The van der Waals surface area contributed by atoms with Gasteiger partial charge in [0.15, 0.2) is 5.78 Å². The Labute approximate surface area is 216 Å². The second kappa shape index (κ2) is 10.1. The predicted octanol–water partition coefficient (Wildman–Crippen LogP) is -0.351. The molecule has 0 atom stereocenters. The molecule has 0 radical (unpaired) electrons. The fourth-order valence-corrected chi connectivity index (χ4v) is 4.22. The van der Waals surface area contributed by atoms with E-state index < -0.39 is 49.6 Å². The van der Waals surface area contributed by atoms with E-state index in [0.717, 1.165) is 18.2 Å². The first kappa shape index (κ1) is 27.2. The zero-order valence-corrected chi connectivity index (χ0v) is 21.1. The number of carboxylic acid groups (broad SMARTS) is 2. The van der Waals surface area contributed by atoms with Gasteiger partial charge in [0.1, 0.15) is 27.0 Å². The summed E-state index contributed by atoms with van der Waals surface area (Å²) in [6.07, 6.45) is 2.35. The SMILES string of the molecule is CC1=CC(=C(c2cc(C)c(O)c(C(=O)O)c2)c2ccccc2S(=O)(=O)[O-])C=C(C(=O)O)C1=O.[Na+]. The Bertz CT molecular complexity index is 1430. The maximum atomic E-state index is 12.3. The van der Waals surface area contributed by atoms with E-state index in [-0.39, 0.29) is 63.0 Å². The summed E-state index contributed by atoms with van der Waals surface area (Å²) in [4.78, 5) is 34.9. The number of aromatic hydroxyl groups is 1. The second-order valence-corrected chi connectivity index (χ2v) is 8.64. The minimum Gasteiger partial charge on any atom is -0.744 e. The average Bonchev–Trinajstić information content (AvgIpc) is 2.72. The van der Waals surface area contributed by atoms with Crippen LogP contribution in [-0.4, -0.2) is 46.0 Å². The predicted molar refractivity (Wildman–Crippen MR) is 115 cm³/mol. The number of carboxylic acids is 2. The van der Waals surface area contributed by atoms with Gasteiger partial charge in [0.05, 0.1) is 4.90 Å². The molecule has 0 aliphatic heterocycles. The standard InChI is InChI=1S/C23H18O9S.Na/c1-11-7-13(9-16(20(11)24)22(26)27)19(15-5-3-4-6-18(15)33(30,31)32)14-8-12(2)21(25)17(10-14)23(28)29;/h3-10,24H,1-2H3,(H,26,27)(H,28,29)(H,30,31,32);/q;+1/p-1. The van der Waals surface area contributed by atoms with Crippen molar-refractivity contribution in [1.29, 1.82) is 0 Å². The maximum absolute atomic E-state index is 12.3. The summed E-state index contributed by atoms with van der Waals surface area (Å²) in [6, 6.07) is 7.59. The first-order chi connectivity index (χ1) is 15.3. The van der Waals surface area contributed by atoms with E-state index in [1.54, 1.807) is 0 Å². The number of allylic oxidation sites excluding steroid dienone is 4. The van der Waals surface area contributed by atoms with Gasteiger partial charge >= 0.3 is 41.5 Å². The summed E-state index contributed by atoms with van der Waals surface area (Å²) in [5, 5.41) is 29.1. The molecular formula is C23H17NaO9S. The van der Waals surface area contributed by atoms with Crippen LogP contribution in [0.5, 0.6) is 5.75 Å². The molecule has 2 aromatic rings. The van der Waals surface area contributed by atoms with Crippen molar-refractivity contribution in [1.82, 2.24) is 0 Å². The molecule has 34 heavy (non-hydrogen) atoms. The van der Waals surface area contributed by atoms with Crippen LogP contribution in [0.3, 0.4) is 0 Å². The van der Waals surface area contributed by atoms with Gasteiger partial charge in [-0.3, -0.25) is 4.79 Å². The summed E-state index contributed by atoms with van der Waals surface area (Å²) in [6.45, 7) is 2.80. The number of phenols is 1. The number of ketones is 1. The van der Waals surface area contributed by atoms with Crippen molar-refractivity contribution in [3.63, 3.8) is 0 Å². The Balaban J connectivity index is 0.00000408. The zero-order chi connectivity index (χ0) is 24.7. The molecule has 3 rings (SSSR count). The summed E-state index contributed by atoms with van der Waals surface area (Å²) in [5.74, 6) is -4.22. The zero-order valence-electron chi connectivity index (χ0n) is 18.3. The van der Waals surface area contributed by atoms with Gasteiger partial charge in [-0.2, -0.15) is 0 Å². The van der Waals surface area contributed by atoms with Crippen LogP contribution in [0.4, 0.5) is 0 Å². The van der Waals surface area contributed by atoms with Crippen molar-refractivity contribution in [2.45, 2.75) is 18.7 Å². The molecule has 0 heterocycles. The molecule has 0 amide bonds. The van der Waals surface area contributed by atoms with Crippen LogP contribution in [0.15, 0.2) is 70.2 Å². The first-order valence-corrected chi connectivity index (χ1v) is 10.8. The van der Waals surface area contributed by atoms with E-state index in [2.05, 4.69) is 0 Å². The normalized spacial score (nSPS) is 15.1. The Kier molecular flexibility index (Phi) is 8.07. The molecule has 0 aromatic heterocycles. The molecule has 3 N–H and O–H groups in total. The minimum absolute atomic E-state index is 0. The third-order valence-electron chi connectivity index (χ3n) is 5.04. The Morgan fingerprint density at radius 2 is 1.56 bits per heavy atom. The number of rotatable bonds is 5. The van der Waals surface area contributed by atoms with E-state index in [0.29, 0.717) is 0 Å². The Morgan fingerprint density at radius 1 is 0.941 bits per heavy atom. The van der Waals surface area contributed by atoms with Gasteiger partial charge in [0, 0.05) is 5.56 Å². The van der Waals surface area contributed by atoms with E-state index in [4.69, 9.17) is 0 Å². The number of carbonyl (C=O) groups excluding carboxylic acids is 1. The van der Waals surface area contributed by atoms with Gasteiger partial charge < -0.3 is 19.9 Å². The summed E-state index contributed by atoms with van der Waals surface area (Å²) >= 11 is 0. The molecule has 170 valence electrons. The first-order valence-electron chi connectivity index (χ1n) is 9.37. The molecule has 2 aromatic carbocycles. The number of Topliss-reactive ketones (excluding diaryl/α,β-unsaturated/α-hetero) is 1. The number of aliphatic carboxylic acids is 1. The summed E-state index contributed by atoms with van der Waals surface area (Å²) < 4.78 is 35.9. The van der Waals surface area contributed by atoms with Crippen molar-refractivity contribution in [2.24, 2.45) is 0 Å². The van der Waals surface area contributed by atoms with E-state index in [1.807, 2.05) is 0 Å². The number of hydrogen-bond acceptors (Lipinski definition) is 7. The van der Waals surface area contributed by atoms with Crippen molar-refractivity contribution in [3.05, 3.63) is 87.5 Å². The van der Waals surface area contributed by atoms with Gasteiger partial charge in [0.2, 0.25) is 0 Å². The van der Waals surface area contributed by atoms with Crippen LogP contribution in [0.2, 0.25) is 0 Å². The monoisotopic (exact) mass is 492 g/mol. The quantitative estimate of drug-likeness (QED) is 0.287. The molecule has 0 fully saturated rings. The second-order valence-electron chi connectivity index (χ2n) is 7.29. The van der Waals surface area contributed by atoms with Crippen molar-refractivity contribution in [2.75, 3.05) is 0 Å². The maximum Gasteiger partial charge on any atom is 1.00 e. The third-order valence-corrected chi connectivity index (χ3v) is 5.93. The molecule has 0 saturated carbocycles. The van der Waals surface area contributed by atoms with E-state index >= 15 is 0 Å². The van der Waals surface area contributed by atoms with E-state index in [9.17, 15) is 42.7 Å². The van der Waals surface area contributed by atoms with E-state index in [1.165, 1.54) is 44.2 Å². The number of benzene rings is 2. The number of aryl methyl sites for hydroxylation is 1. The number of aromatic carboxylic acids is 1. The molecule has 0 unspecified atom stereocenters. The van der Waals surface area contributed by atoms with Crippen LogP contribution in [0, 0.1) is 6.92 Å². The third kappa shape index (κ3) is 5.21. The molecule has 1 aliphatic rings. The Morgan fingerprint density at radius 3 is 2.12 bits per heavy atom. The van der Waals surface area contributed by atoms with Gasteiger partial charge in [-0.15, -0.1) is 0 Å². The molecule has 11 heteroatoms. The largest absolute Gasteiger partial charge is 1.00 e. The molecule has 9 nitrogen and oxygen atoms in total. The van der Waals surface area contributed by atoms with Crippen LogP contribution < -0.4 is 29.6 Å². The van der Waals surface area contributed by atoms with Crippen molar-refractivity contribution < 1.29 is 72.2 Å². The molecular weight excluding hydrogens is 475 g/mol. The van der Waals surface area contributed by atoms with Gasteiger partial charge in [-0.25, -0.2) is 18.0 Å². The summed E-state index contributed by atoms with van der Waals surface area (Å²) in [7, 11) is -5.00. The van der Waals surface area contributed by atoms with Gasteiger partial charge in [-0.1, -0.05) is 18.2 Å².